The summed E-state index contributed by atoms with van der Waals surface area (Å²) in [6.07, 6.45) is 10.6. The lowest BCUT2D eigenvalue weighted by Gasteiger charge is -2.10. The molecule has 1 aliphatic rings. The Balaban J connectivity index is 1.67. The smallest absolute Gasteiger partial charge is 0.123 e. The zero-order valence-electron chi connectivity index (χ0n) is 12.1. The largest absolute Gasteiger partial charge is 0.384 e. The maximum absolute atomic E-state index is 13.3. The normalized spacial score (nSPS) is 17.3. The molecule has 0 amide bonds. The van der Waals surface area contributed by atoms with Crippen LogP contribution in [-0.2, 0) is 0 Å². The third kappa shape index (κ3) is 4.22. The van der Waals surface area contributed by atoms with Gasteiger partial charge in [0.25, 0.3) is 0 Å². The fourth-order valence-corrected chi connectivity index (χ4v) is 2.98. The van der Waals surface area contributed by atoms with Gasteiger partial charge in [-0.2, -0.15) is 0 Å². The Kier molecular flexibility index (Phi) is 5.68. The molecule has 0 saturated heterocycles. The van der Waals surface area contributed by atoms with Gasteiger partial charge in [0.05, 0.1) is 0 Å². The first kappa shape index (κ1) is 14.4. The molecule has 0 spiro atoms. The van der Waals surface area contributed by atoms with Crippen LogP contribution in [0.5, 0.6) is 0 Å². The second kappa shape index (κ2) is 7.52. The lowest BCUT2D eigenvalue weighted by molar-refractivity contribution is 0.547. The number of rotatable bonds is 8. The predicted molar refractivity (Wildman–Crippen MR) is 80.2 cm³/mol. The van der Waals surface area contributed by atoms with Gasteiger partial charge in [0.1, 0.15) is 5.82 Å². The summed E-state index contributed by atoms with van der Waals surface area (Å²) in [4.78, 5) is 0. The Morgan fingerprint density at radius 1 is 1.11 bits per heavy atom. The van der Waals surface area contributed by atoms with Crippen molar-refractivity contribution in [2.45, 2.75) is 64.2 Å². The Morgan fingerprint density at radius 2 is 1.84 bits per heavy atom. The minimum Gasteiger partial charge on any atom is -0.384 e. The molecular formula is C17H26FN. The van der Waals surface area contributed by atoms with Crippen molar-refractivity contribution in [2.24, 2.45) is 0 Å². The van der Waals surface area contributed by atoms with E-state index in [9.17, 15) is 4.39 Å². The van der Waals surface area contributed by atoms with Crippen LogP contribution in [0.25, 0.3) is 0 Å². The average molecular weight is 263 g/mol. The summed E-state index contributed by atoms with van der Waals surface area (Å²) < 4.78 is 13.3. The van der Waals surface area contributed by atoms with Crippen molar-refractivity contribution in [2.75, 3.05) is 11.9 Å². The van der Waals surface area contributed by atoms with Crippen molar-refractivity contribution in [1.29, 1.82) is 0 Å². The topological polar surface area (TPSA) is 12.0 Å². The van der Waals surface area contributed by atoms with Crippen LogP contribution in [0.4, 0.5) is 10.1 Å². The SMILES string of the molecule is CCCCCCCCCC1CNc2ccc(F)cc21. The zero-order chi connectivity index (χ0) is 13.5. The van der Waals surface area contributed by atoms with Gasteiger partial charge in [-0.3, -0.25) is 0 Å². The molecule has 106 valence electrons. The number of anilines is 1. The molecule has 1 aromatic rings. The van der Waals surface area contributed by atoms with E-state index < -0.39 is 0 Å². The molecule has 1 aliphatic heterocycles. The van der Waals surface area contributed by atoms with Gasteiger partial charge in [-0.15, -0.1) is 0 Å². The van der Waals surface area contributed by atoms with Crippen molar-refractivity contribution in [3.8, 4) is 0 Å². The summed E-state index contributed by atoms with van der Waals surface area (Å²) in [6, 6.07) is 5.12. The van der Waals surface area contributed by atoms with Crippen molar-refractivity contribution < 1.29 is 4.39 Å². The van der Waals surface area contributed by atoms with Gasteiger partial charge in [0, 0.05) is 18.2 Å². The second-order valence-electron chi connectivity index (χ2n) is 5.72. The van der Waals surface area contributed by atoms with E-state index in [0.717, 1.165) is 12.2 Å². The number of hydrogen-bond acceptors (Lipinski definition) is 1. The number of fused-ring (bicyclic) bond motifs is 1. The van der Waals surface area contributed by atoms with Crippen molar-refractivity contribution >= 4 is 5.69 Å². The standard InChI is InChI=1S/C17H26FN/c1-2-3-4-5-6-7-8-9-14-13-19-17-11-10-15(18)12-16(14)17/h10-12,14,19H,2-9,13H2,1H3. The molecule has 0 aliphatic carbocycles. The Morgan fingerprint density at radius 3 is 2.63 bits per heavy atom. The molecule has 1 heterocycles. The maximum Gasteiger partial charge on any atom is 0.123 e. The van der Waals surface area contributed by atoms with Gasteiger partial charge in [0.15, 0.2) is 0 Å². The lowest BCUT2D eigenvalue weighted by Crippen LogP contribution is -2.01. The summed E-state index contributed by atoms with van der Waals surface area (Å²) in [7, 11) is 0. The van der Waals surface area contributed by atoms with Crippen LogP contribution >= 0.6 is 0 Å². The van der Waals surface area contributed by atoms with Crippen LogP contribution < -0.4 is 5.32 Å². The highest BCUT2D eigenvalue weighted by Crippen LogP contribution is 2.35. The van der Waals surface area contributed by atoms with E-state index in [1.54, 1.807) is 12.1 Å². The zero-order valence-corrected chi connectivity index (χ0v) is 12.1. The molecular weight excluding hydrogens is 237 g/mol. The molecule has 1 nitrogen and oxygen atoms in total. The van der Waals surface area contributed by atoms with Gasteiger partial charge in [-0.25, -0.2) is 4.39 Å². The molecule has 2 heteroatoms. The molecule has 0 saturated carbocycles. The molecule has 1 N–H and O–H groups in total. The second-order valence-corrected chi connectivity index (χ2v) is 5.72. The van der Waals surface area contributed by atoms with E-state index in [1.165, 1.54) is 56.9 Å². The summed E-state index contributed by atoms with van der Waals surface area (Å²) in [5.41, 5.74) is 2.32. The third-order valence-corrected chi connectivity index (χ3v) is 4.15. The van der Waals surface area contributed by atoms with Crippen molar-refractivity contribution in [3.05, 3.63) is 29.6 Å². The first-order valence-corrected chi connectivity index (χ1v) is 7.84. The van der Waals surface area contributed by atoms with Gasteiger partial charge >= 0.3 is 0 Å². The number of nitrogens with one attached hydrogen (secondary N) is 1. The Hall–Kier alpha value is -1.05. The molecule has 1 aromatic carbocycles. The molecule has 0 bridgehead atoms. The monoisotopic (exact) mass is 263 g/mol. The first-order valence-electron chi connectivity index (χ1n) is 7.84. The van der Waals surface area contributed by atoms with E-state index >= 15 is 0 Å². The van der Waals surface area contributed by atoms with Gasteiger partial charge < -0.3 is 5.32 Å². The van der Waals surface area contributed by atoms with Gasteiger partial charge in [0.2, 0.25) is 0 Å². The molecule has 0 fully saturated rings. The third-order valence-electron chi connectivity index (χ3n) is 4.15. The van der Waals surface area contributed by atoms with Crippen molar-refractivity contribution in [3.63, 3.8) is 0 Å². The first-order chi connectivity index (χ1) is 9.31. The molecule has 2 rings (SSSR count). The number of benzene rings is 1. The van der Waals surface area contributed by atoms with Crippen LogP contribution in [-0.4, -0.2) is 6.54 Å². The fraction of sp³-hybridized carbons (Fsp3) is 0.647. The molecule has 19 heavy (non-hydrogen) atoms. The van der Waals surface area contributed by atoms with Crippen LogP contribution in [0.15, 0.2) is 18.2 Å². The molecule has 1 atom stereocenters. The molecule has 0 aromatic heterocycles. The predicted octanol–water partition coefficient (Wildman–Crippen LogP) is 5.48. The van der Waals surface area contributed by atoms with E-state index in [0.29, 0.717) is 5.92 Å². The van der Waals surface area contributed by atoms with E-state index in [2.05, 4.69) is 12.2 Å². The fourth-order valence-electron chi connectivity index (χ4n) is 2.98. The van der Waals surface area contributed by atoms with Gasteiger partial charge in [-0.05, 0) is 30.2 Å². The number of hydrogen-bond donors (Lipinski definition) is 1. The summed E-state index contributed by atoms with van der Waals surface area (Å²) >= 11 is 0. The summed E-state index contributed by atoms with van der Waals surface area (Å²) in [5.74, 6) is 0.411. The van der Waals surface area contributed by atoms with E-state index in [1.807, 2.05) is 6.07 Å². The van der Waals surface area contributed by atoms with Crippen LogP contribution in [0, 0.1) is 5.82 Å². The maximum atomic E-state index is 13.3. The Labute approximate surface area is 116 Å². The van der Waals surface area contributed by atoms with Crippen LogP contribution in [0.2, 0.25) is 0 Å². The minimum atomic E-state index is -0.105. The van der Waals surface area contributed by atoms with Gasteiger partial charge in [-0.1, -0.05) is 51.9 Å². The van der Waals surface area contributed by atoms with Crippen LogP contribution in [0.3, 0.4) is 0 Å². The Bertz CT molecular complexity index is 389. The number of unbranched alkanes of at least 4 members (excludes halogenated alkanes) is 6. The van der Waals surface area contributed by atoms with E-state index in [4.69, 9.17) is 0 Å². The quantitative estimate of drug-likeness (QED) is 0.613. The molecule has 0 radical (unpaired) electrons. The molecule has 1 unspecified atom stereocenters. The highest BCUT2D eigenvalue weighted by atomic mass is 19.1. The highest BCUT2D eigenvalue weighted by Gasteiger charge is 2.21. The summed E-state index contributed by atoms with van der Waals surface area (Å²) in [6.45, 7) is 3.23. The minimum absolute atomic E-state index is 0.105. The van der Waals surface area contributed by atoms with E-state index in [-0.39, 0.29) is 5.82 Å². The highest BCUT2D eigenvalue weighted by molar-refractivity contribution is 5.57. The summed E-state index contributed by atoms with van der Waals surface area (Å²) in [5, 5.41) is 3.38. The van der Waals surface area contributed by atoms with Crippen molar-refractivity contribution in [1.82, 2.24) is 0 Å². The average Bonchev–Trinajstić information content (AvgIpc) is 2.80. The number of halogens is 1. The lowest BCUT2D eigenvalue weighted by atomic mass is 9.94. The van der Waals surface area contributed by atoms with Crippen LogP contribution in [0.1, 0.15) is 69.8 Å².